The zero-order valence-electron chi connectivity index (χ0n) is 14.3. The van der Waals surface area contributed by atoms with Gasteiger partial charge in [0, 0.05) is 31.2 Å². The molecule has 1 unspecified atom stereocenters. The number of halogens is 1. The van der Waals surface area contributed by atoms with Crippen LogP contribution in [0.3, 0.4) is 0 Å². The summed E-state index contributed by atoms with van der Waals surface area (Å²) in [5.41, 5.74) is 2.42. The molecule has 7 heteroatoms. The maximum absolute atomic E-state index is 12.1. The Hall–Kier alpha value is -1.79. The van der Waals surface area contributed by atoms with E-state index in [1.807, 2.05) is 20.9 Å². The summed E-state index contributed by atoms with van der Waals surface area (Å²) < 4.78 is 0. The van der Waals surface area contributed by atoms with E-state index < -0.39 is 0 Å². The van der Waals surface area contributed by atoms with Gasteiger partial charge in [0.2, 0.25) is 5.91 Å². The molecule has 0 aromatic carbocycles. The van der Waals surface area contributed by atoms with Crippen LogP contribution in [0.25, 0.3) is 11.0 Å². The molecule has 3 rings (SSSR count). The largest absolute Gasteiger partial charge is 0.368 e. The van der Waals surface area contributed by atoms with Gasteiger partial charge in [0.05, 0.1) is 28.0 Å². The number of amides is 1. The molecule has 130 valence electrons. The summed E-state index contributed by atoms with van der Waals surface area (Å²) in [4.78, 5) is 21.9. The van der Waals surface area contributed by atoms with Crippen LogP contribution in [0.15, 0.2) is 12.4 Å². The van der Waals surface area contributed by atoms with Gasteiger partial charge in [0.25, 0.3) is 0 Å². The number of hydrogen-bond acceptors (Lipinski definition) is 4. The fraction of sp³-hybridized carbons (Fsp3) is 0.529. The highest BCUT2D eigenvalue weighted by Gasteiger charge is 2.25. The molecule has 2 aromatic heterocycles. The lowest BCUT2D eigenvalue weighted by molar-refractivity contribution is -0.118. The Bertz CT molecular complexity index is 742. The number of piperidine rings is 1. The Balaban J connectivity index is 2.04. The third-order valence-electron chi connectivity index (χ3n) is 4.56. The van der Waals surface area contributed by atoms with Crippen molar-refractivity contribution in [2.75, 3.05) is 30.4 Å². The number of fused-ring (bicyclic) bond motifs is 1. The normalized spacial score (nSPS) is 18.4. The van der Waals surface area contributed by atoms with Crippen LogP contribution in [-0.2, 0) is 4.79 Å². The number of aromatic amines is 1. The maximum atomic E-state index is 12.1. The van der Waals surface area contributed by atoms with Crippen LogP contribution < -0.4 is 15.5 Å². The SMILES string of the molecule is CNC1CCCN(c2c(Cl)cnc3[nH]cc(NC(=O)C(C)C)c23)C1. The number of carbonyl (C=O) groups excluding carboxylic acids is 1. The van der Waals surface area contributed by atoms with Crippen molar-refractivity contribution < 1.29 is 4.79 Å². The Morgan fingerprint density at radius 3 is 3.00 bits per heavy atom. The van der Waals surface area contributed by atoms with E-state index in [1.54, 1.807) is 12.4 Å². The summed E-state index contributed by atoms with van der Waals surface area (Å²) in [5.74, 6) is -0.109. The van der Waals surface area contributed by atoms with Crippen LogP contribution in [0, 0.1) is 5.92 Å². The van der Waals surface area contributed by atoms with Gasteiger partial charge >= 0.3 is 0 Å². The van der Waals surface area contributed by atoms with E-state index >= 15 is 0 Å². The predicted octanol–water partition coefficient (Wildman–Crippen LogP) is 3.00. The van der Waals surface area contributed by atoms with Gasteiger partial charge in [-0.25, -0.2) is 4.98 Å². The zero-order chi connectivity index (χ0) is 17.3. The number of nitrogens with zero attached hydrogens (tertiary/aromatic N) is 2. The summed E-state index contributed by atoms with van der Waals surface area (Å²) in [5, 5.41) is 7.83. The Morgan fingerprint density at radius 2 is 2.29 bits per heavy atom. The standard InChI is InChI=1S/C17H24ClN5O/c1-10(2)17(24)22-13-8-21-16-14(13)15(12(18)7-20-16)23-6-4-5-11(9-23)19-3/h7-8,10-11,19H,4-6,9H2,1-3H3,(H,20,21)(H,22,24). The lowest BCUT2D eigenvalue weighted by Gasteiger charge is -2.35. The molecule has 0 bridgehead atoms. The highest BCUT2D eigenvalue weighted by atomic mass is 35.5. The fourth-order valence-corrected chi connectivity index (χ4v) is 3.42. The summed E-state index contributed by atoms with van der Waals surface area (Å²) in [6.07, 6.45) is 5.72. The number of aromatic nitrogens is 2. The van der Waals surface area contributed by atoms with Gasteiger partial charge in [0.15, 0.2) is 0 Å². The maximum Gasteiger partial charge on any atom is 0.226 e. The minimum Gasteiger partial charge on any atom is -0.368 e. The summed E-state index contributed by atoms with van der Waals surface area (Å²) in [6, 6.07) is 0.436. The van der Waals surface area contributed by atoms with E-state index in [0.29, 0.717) is 11.1 Å². The number of pyridine rings is 1. The lowest BCUT2D eigenvalue weighted by atomic mass is 10.0. The highest BCUT2D eigenvalue weighted by Crippen LogP contribution is 2.38. The smallest absolute Gasteiger partial charge is 0.226 e. The van der Waals surface area contributed by atoms with Gasteiger partial charge in [-0.1, -0.05) is 25.4 Å². The fourth-order valence-electron chi connectivity index (χ4n) is 3.16. The van der Waals surface area contributed by atoms with E-state index in [2.05, 4.69) is 25.5 Å². The van der Waals surface area contributed by atoms with Crippen LogP contribution in [0.2, 0.25) is 5.02 Å². The van der Waals surface area contributed by atoms with Gasteiger partial charge in [-0.05, 0) is 19.9 Å². The van der Waals surface area contributed by atoms with Crippen LogP contribution in [0.4, 0.5) is 11.4 Å². The molecular weight excluding hydrogens is 326 g/mol. The number of likely N-dealkylation sites (N-methyl/N-ethyl adjacent to an activating group) is 1. The Morgan fingerprint density at radius 1 is 1.50 bits per heavy atom. The molecule has 1 saturated heterocycles. The van der Waals surface area contributed by atoms with Crippen molar-refractivity contribution in [2.45, 2.75) is 32.7 Å². The summed E-state index contributed by atoms with van der Waals surface area (Å²) in [7, 11) is 1.99. The molecule has 1 aliphatic rings. The molecule has 24 heavy (non-hydrogen) atoms. The van der Waals surface area contributed by atoms with E-state index in [1.165, 1.54) is 0 Å². The lowest BCUT2D eigenvalue weighted by Crippen LogP contribution is -2.44. The molecule has 0 radical (unpaired) electrons. The molecule has 1 aliphatic heterocycles. The predicted molar refractivity (Wildman–Crippen MR) is 98.9 cm³/mol. The number of anilines is 2. The second kappa shape index (κ2) is 6.99. The van der Waals surface area contributed by atoms with Gasteiger partial charge in [-0.15, -0.1) is 0 Å². The molecule has 1 amide bonds. The monoisotopic (exact) mass is 349 g/mol. The minimum atomic E-state index is -0.0887. The number of H-pyrrole nitrogens is 1. The quantitative estimate of drug-likeness (QED) is 0.793. The topological polar surface area (TPSA) is 73.1 Å². The molecule has 3 heterocycles. The molecule has 0 aliphatic carbocycles. The van der Waals surface area contributed by atoms with Crippen molar-refractivity contribution in [2.24, 2.45) is 5.92 Å². The molecule has 2 aromatic rings. The molecule has 1 fully saturated rings. The number of carbonyl (C=O) groups is 1. The first-order valence-corrected chi connectivity index (χ1v) is 8.77. The number of nitrogens with one attached hydrogen (secondary N) is 3. The van der Waals surface area contributed by atoms with Crippen LogP contribution in [0.5, 0.6) is 0 Å². The highest BCUT2D eigenvalue weighted by molar-refractivity contribution is 6.35. The first kappa shape index (κ1) is 17.0. The van der Waals surface area contributed by atoms with Crippen molar-refractivity contribution in [1.82, 2.24) is 15.3 Å². The first-order chi connectivity index (χ1) is 11.5. The van der Waals surface area contributed by atoms with Crippen molar-refractivity contribution in [3.05, 3.63) is 17.4 Å². The van der Waals surface area contributed by atoms with Gasteiger partial charge in [-0.3, -0.25) is 4.79 Å². The molecular formula is C17H24ClN5O. The van der Waals surface area contributed by atoms with Gasteiger partial charge in [0.1, 0.15) is 5.65 Å². The van der Waals surface area contributed by atoms with Crippen LogP contribution >= 0.6 is 11.6 Å². The van der Waals surface area contributed by atoms with Gasteiger partial charge in [-0.2, -0.15) is 0 Å². The Labute approximate surface area is 147 Å². The van der Waals surface area contributed by atoms with Crippen LogP contribution in [0.1, 0.15) is 26.7 Å². The van der Waals surface area contributed by atoms with Crippen molar-refractivity contribution in [3.63, 3.8) is 0 Å². The molecule has 0 saturated carbocycles. The van der Waals surface area contributed by atoms with Crippen LogP contribution in [-0.4, -0.2) is 42.1 Å². The van der Waals surface area contributed by atoms with E-state index in [0.717, 1.165) is 48.3 Å². The third-order valence-corrected chi connectivity index (χ3v) is 4.83. The number of rotatable bonds is 4. The summed E-state index contributed by atoms with van der Waals surface area (Å²) >= 11 is 6.50. The second-order valence-electron chi connectivity index (χ2n) is 6.60. The van der Waals surface area contributed by atoms with Crippen molar-refractivity contribution in [1.29, 1.82) is 0 Å². The van der Waals surface area contributed by atoms with Gasteiger partial charge < -0.3 is 20.5 Å². The van der Waals surface area contributed by atoms with Crippen molar-refractivity contribution >= 4 is 39.9 Å². The van der Waals surface area contributed by atoms with E-state index in [9.17, 15) is 4.79 Å². The van der Waals surface area contributed by atoms with Crippen molar-refractivity contribution in [3.8, 4) is 0 Å². The average Bonchev–Trinajstić information content (AvgIpc) is 2.97. The van der Waals surface area contributed by atoms with E-state index in [-0.39, 0.29) is 11.8 Å². The first-order valence-electron chi connectivity index (χ1n) is 8.40. The third kappa shape index (κ3) is 3.21. The molecule has 1 atom stereocenters. The zero-order valence-corrected chi connectivity index (χ0v) is 15.1. The molecule has 3 N–H and O–H groups in total. The second-order valence-corrected chi connectivity index (χ2v) is 7.01. The molecule has 6 nitrogen and oxygen atoms in total. The molecule has 0 spiro atoms. The Kier molecular flexibility index (Phi) is 4.96. The summed E-state index contributed by atoms with van der Waals surface area (Å²) in [6.45, 7) is 5.58. The number of hydrogen-bond donors (Lipinski definition) is 3. The minimum absolute atomic E-state index is 0.0198. The average molecular weight is 350 g/mol. The van der Waals surface area contributed by atoms with E-state index in [4.69, 9.17) is 11.6 Å².